The summed E-state index contributed by atoms with van der Waals surface area (Å²) in [6.45, 7) is -0.213. The van der Waals surface area contributed by atoms with Gasteiger partial charge in [0.05, 0.1) is 4.47 Å². The third-order valence-electron chi connectivity index (χ3n) is 4.13. The van der Waals surface area contributed by atoms with Gasteiger partial charge in [0.15, 0.2) is 6.61 Å². The van der Waals surface area contributed by atoms with Gasteiger partial charge in [0, 0.05) is 16.8 Å². The van der Waals surface area contributed by atoms with Crippen molar-refractivity contribution >= 4 is 27.5 Å². The first kappa shape index (κ1) is 19.8. The van der Waals surface area contributed by atoms with Crippen LogP contribution in [0.2, 0.25) is 0 Å². The number of ether oxygens (including phenoxy) is 1. The van der Waals surface area contributed by atoms with E-state index in [9.17, 15) is 9.18 Å². The number of nitrogens with zero attached hydrogens (tertiary/aromatic N) is 2. The highest BCUT2D eigenvalue weighted by molar-refractivity contribution is 9.10. The number of carbonyl (C=O) groups excluding carboxylic acids is 1. The van der Waals surface area contributed by atoms with E-state index in [0.717, 1.165) is 11.1 Å². The molecule has 0 fully saturated rings. The average molecular weight is 468 g/mol. The molecule has 1 amide bonds. The van der Waals surface area contributed by atoms with Gasteiger partial charge in [-0.15, -0.1) is 0 Å². The molecule has 0 atom stereocenters. The van der Waals surface area contributed by atoms with Gasteiger partial charge in [0.2, 0.25) is 5.82 Å². The molecule has 4 rings (SSSR count). The number of carbonyl (C=O) groups is 1. The molecule has 1 N–H and O–H groups in total. The molecule has 0 radical (unpaired) electrons. The molecule has 0 aliphatic carbocycles. The molecular formula is C22H15BrFN3O3. The fraction of sp³-hybridized carbons (Fsp3) is 0.0455. The van der Waals surface area contributed by atoms with Crippen LogP contribution in [0.1, 0.15) is 0 Å². The van der Waals surface area contributed by atoms with Crippen LogP contribution in [-0.2, 0) is 4.79 Å². The predicted molar refractivity (Wildman–Crippen MR) is 113 cm³/mol. The van der Waals surface area contributed by atoms with E-state index < -0.39 is 11.7 Å². The van der Waals surface area contributed by atoms with E-state index in [0.29, 0.717) is 27.6 Å². The van der Waals surface area contributed by atoms with Crippen molar-refractivity contribution in [3.63, 3.8) is 0 Å². The van der Waals surface area contributed by atoms with Crippen molar-refractivity contribution in [3.8, 4) is 28.6 Å². The molecule has 8 heteroatoms. The van der Waals surface area contributed by atoms with Gasteiger partial charge >= 0.3 is 0 Å². The van der Waals surface area contributed by atoms with Crippen molar-refractivity contribution in [1.29, 1.82) is 0 Å². The predicted octanol–water partition coefficient (Wildman–Crippen LogP) is 5.32. The number of rotatable bonds is 6. The zero-order chi connectivity index (χ0) is 20.9. The van der Waals surface area contributed by atoms with Crippen molar-refractivity contribution in [2.45, 2.75) is 0 Å². The van der Waals surface area contributed by atoms with Gasteiger partial charge in [0.25, 0.3) is 11.8 Å². The first-order chi connectivity index (χ1) is 14.6. The highest BCUT2D eigenvalue weighted by atomic mass is 79.9. The fourth-order valence-corrected chi connectivity index (χ4v) is 2.91. The molecule has 3 aromatic carbocycles. The lowest BCUT2D eigenvalue weighted by atomic mass is 10.2. The van der Waals surface area contributed by atoms with Gasteiger partial charge in [0.1, 0.15) is 11.6 Å². The summed E-state index contributed by atoms with van der Waals surface area (Å²) < 4.78 is 24.6. The standard InChI is InChI=1S/C22H15BrFN3O3/c23-18-11-8-16(12-19(18)24)25-20(28)13-29-17-9-6-15(7-10-17)22-26-21(27-30-22)14-4-2-1-3-5-14/h1-12H,13H2,(H,25,28). The van der Waals surface area contributed by atoms with Crippen molar-refractivity contribution in [3.05, 3.63) is 83.1 Å². The Hall–Kier alpha value is -3.52. The molecule has 0 aliphatic heterocycles. The zero-order valence-electron chi connectivity index (χ0n) is 15.5. The van der Waals surface area contributed by atoms with E-state index in [1.54, 1.807) is 30.3 Å². The van der Waals surface area contributed by atoms with E-state index in [4.69, 9.17) is 9.26 Å². The molecule has 0 unspecified atom stereocenters. The Kier molecular flexibility index (Phi) is 5.85. The molecule has 0 saturated carbocycles. The topological polar surface area (TPSA) is 77.2 Å². The second-order valence-corrected chi connectivity index (χ2v) is 7.13. The quantitative estimate of drug-likeness (QED) is 0.415. The van der Waals surface area contributed by atoms with Crippen LogP contribution in [0.15, 0.2) is 81.8 Å². The van der Waals surface area contributed by atoms with E-state index in [1.807, 2.05) is 30.3 Å². The summed E-state index contributed by atoms with van der Waals surface area (Å²) in [5.74, 6) is 0.534. The first-order valence-electron chi connectivity index (χ1n) is 8.96. The third kappa shape index (κ3) is 4.72. The minimum Gasteiger partial charge on any atom is -0.484 e. The molecule has 30 heavy (non-hydrogen) atoms. The molecule has 1 heterocycles. The number of aromatic nitrogens is 2. The van der Waals surface area contributed by atoms with E-state index in [-0.39, 0.29) is 6.61 Å². The number of hydrogen-bond acceptors (Lipinski definition) is 5. The normalized spacial score (nSPS) is 10.6. The molecule has 0 bridgehead atoms. The Morgan fingerprint density at radius 2 is 1.80 bits per heavy atom. The summed E-state index contributed by atoms with van der Waals surface area (Å²) in [7, 11) is 0. The highest BCUT2D eigenvalue weighted by Gasteiger charge is 2.11. The second kappa shape index (κ2) is 8.87. The summed E-state index contributed by atoms with van der Waals surface area (Å²) >= 11 is 3.07. The van der Waals surface area contributed by atoms with E-state index in [1.165, 1.54) is 12.1 Å². The molecule has 150 valence electrons. The van der Waals surface area contributed by atoms with Gasteiger partial charge in [-0.25, -0.2) is 4.39 Å². The zero-order valence-corrected chi connectivity index (χ0v) is 17.1. The molecule has 1 aromatic heterocycles. The number of amides is 1. The van der Waals surface area contributed by atoms with Crippen LogP contribution in [-0.4, -0.2) is 22.7 Å². The average Bonchev–Trinajstić information content (AvgIpc) is 3.26. The lowest BCUT2D eigenvalue weighted by Crippen LogP contribution is -2.20. The summed E-state index contributed by atoms with van der Waals surface area (Å²) in [6, 6.07) is 20.8. The Labute approximate surface area is 179 Å². The van der Waals surface area contributed by atoms with Crippen molar-refractivity contribution < 1.29 is 18.4 Å². The number of anilines is 1. The minimum atomic E-state index is -0.458. The van der Waals surface area contributed by atoms with Crippen LogP contribution in [0, 0.1) is 5.82 Å². The van der Waals surface area contributed by atoms with Gasteiger partial charge in [-0.05, 0) is 58.4 Å². The monoisotopic (exact) mass is 467 g/mol. The Morgan fingerprint density at radius 3 is 2.53 bits per heavy atom. The smallest absolute Gasteiger partial charge is 0.262 e. The van der Waals surface area contributed by atoms with Gasteiger partial charge in [-0.1, -0.05) is 35.5 Å². The van der Waals surface area contributed by atoms with Crippen molar-refractivity contribution in [2.75, 3.05) is 11.9 Å². The van der Waals surface area contributed by atoms with Gasteiger partial charge in [-0.3, -0.25) is 4.79 Å². The molecule has 0 spiro atoms. The maximum Gasteiger partial charge on any atom is 0.262 e. The summed E-state index contributed by atoms with van der Waals surface area (Å²) in [5, 5.41) is 6.57. The summed E-state index contributed by atoms with van der Waals surface area (Å²) in [5.41, 5.74) is 1.95. The van der Waals surface area contributed by atoms with Gasteiger partial charge in [-0.2, -0.15) is 4.98 Å². The number of nitrogens with one attached hydrogen (secondary N) is 1. The van der Waals surface area contributed by atoms with Crippen LogP contribution in [0.4, 0.5) is 10.1 Å². The fourth-order valence-electron chi connectivity index (χ4n) is 2.66. The van der Waals surface area contributed by atoms with E-state index >= 15 is 0 Å². The Balaban J connectivity index is 1.35. The number of benzene rings is 3. The number of halogens is 2. The molecule has 0 aliphatic rings. The van der Waals surface area contributed by atoms with Crippen LogP contribution < -0.4 is 10.1 Å². The number of hydrogen-bond donors (Lipinski definition) is 1. The lowest BCUT2D eigenvalue weighted by molar-refractivity contribution is -0.118. The molecule has 0 saturated heterocycles. The maximum atomic E-state index is 13.5. The summed E-state index contributed by atoms with van der Waals surface area (Å²) in [6.07, 6.45) is 0. The molecule has 6 nitrogen and oxygen atoms in total. The first-order valence-corrected chi connectivity index (χ1v) is 9.75. The van der Waals surface area contributed by atoms with Crippen LogP contribution in [0.3, 0.4) is 0 Å². The van der Waals surface area contributed by atoms with Crippen LogP contribution in [0.5, 0.6) is 5.75 Å². The van der Waals surface area contributed by atoms with Crippen molar-refractivity contribution in [1.82, 2.24) is 10.1 Å². The third-order valence-corrected chi connectivity index (χ3v) is 4.78. The van der Waals surface area contributed by atoms with Crippen molar-refractivity contribution in [2.24, 2.45) is 0 Å². The van der Waals surface area contributed by atoms with Gasteiger partial charge < -0.3 is 14.6 Å². The highest BCUT2D eigenvalue weighted by Crippen LogP contribution is 2.24. The minimum absolute atomic E-state index is 0.213. The molecular weight excluding hydrogens is 453 g/mol. The largest absolute Gasteiger partial charge is 0.484 e. The lowest BCUT2D eigenvalue weighted by Gasteiger charge is -2.08. The molecule has 4 aromatic rings. The Bertz CT molecular complexity index is 1160. The van der Waals surface area contributed by atoms with Crippen LogP contribution in [0.25, 0.3) is 22.8 Å². The van der Waals surface area contributed by atoms with E-state index in [2.05, 4.69) is 31.4 Å². The SMILES string of the molecule is O=C(COc1ccc(-c2nc(-c3ccccc3)no2)cc1)Nc1ccc(Br)c(F)c1. The second-order valence-electron chi connectivity index (χ2n) is 6.28. The maximum absolute atomic E-state index is 13.5. The van der Waals surface area contributed by atoms with Crippen LogP contribution >= 0.6 is 15.9 Å². The summed E-state index contributed by atoms with van der Waals surface area (Å²) in [4.78, 5) is 16.4. The Morgan fingerprint density at radius 1 is 1.03 bits per heavy atom.